The van der Waals surface area contributed by atoms with E-state index in [-0.39, 0.29) is 17.1 Å². The van der Waals surface area contributed by atoms with Gasteiger partial charge in [-0.05, 0) is 24.3 Å². The number of thiazole rings is 1. The lowest BCUT2D eigenvalue weighted by atomic mass is 10.2. The Kier molecular flexibility index (Phi) is 5.15. The number of aliphatic hydroxyl groups excluding tert-OH is 1. The molecule has 0 amide bonds. The zero-order valence-corrected chi connectivity index (χ0v) is 16.5. The number of thioether (sulfide) groups is 1. The number of para-hydroxylation sites is 3. The summed E-state index contributed by atoms with van der Waals surface area (Å²) in [6.07, 6.45) is 1.82. The maximum Gasteiger partial charge on any atom is 0.169 e. The fourth-order valence-corrected chi connectivity index (χ4v) is 4.77. The first-order valence-electron chi connectivity index (χ1n) is 8.58. The van der Waals surface area contributed by atoms with Crippen molar-refractivity contribution in [2.24, 2.45) is 0 Å². The third kappa shape index (κ3) is 3.40. The lowest BCUT2D eigenvalue weighted by Crippen LogP contribution is -1.99. The molecule has 0 unspecified atom stereocenters. The second kappa shape index (κ2) is 7.89. The average molecular weight is 405 g/mol. The largest absolute Gasteiger partial charge is 0.510 e. The molecule has 0 aliphatic heterocycles. The molecule has 5 nitrogen and oxygen atoms in total. The molecule has 2 aromatic carbocycles. The predicted octanol–water partition coefficient (Wildman–Crippen LogP) is 5.42. The van der Waals surface area contributed by atoms with Crippen molar-refractivity contribution in [3.63, 3.8) is 0 Å². The first-order valence-corrected chi connectivity index (χ1v) is 10.4. The highest BCUT2D eigenvalue weighted by Crippen LogP contribution is 2.31. The van der Waals surface area contributed by atoms with Crippen LogP contribution in [0, 0.1) is 11.3 Å². The number of hydrogen-bond acceptors (Lipinski definition) is 6. The molecule has 28 heavy (non-hydrogen) atoms. The first-order chi connectivity index (χ1) is 13.7. The fourth-order valence-electron chi connectivity index (χ4n) is 2.89. The van der Waals surface area contributed by atoms with Gasteiger partial charge < -0.3 is 9.67 Å². The van der Waals surface area contributed by atoms with Gasteiger partial charge in [-0.15, -0.1) is 17.9 Å². The quantitative estimate of drug-likeness (QED) is 0.201. The van der Waals surface area contributed by atoms with Crippen LogP contribution in [0.2, 0.25) is 0 Å². The fraction of sp³-hybridized carbons (Fsp3) is 0.0952. The number of aliphatic hydroxyl groups is 1. The van der Waals surface area contributed by atoms with Crippen molar-refractivity contribution in [2.45, 2.75) is 11.7 Å². The molecule has 4 aromatic rings. The van der Waals surface area contributed by atoms with Gasteiger partial charge in [-0.1, -0.05) is 42.1 Å². The van der Waals surface area contributed by atoms with E-state index in [1.165, 1.54) is 23.1 Å². The summed E-state index contributed by atoms with van der Waals surface area (Å²) in [6.45, 7) is 4.44. The normalized spacial score (nSPS) is 12.1. The predicted molar refractivity (Wildman–Crippen MR) is 115 cm³/mol. The summed E-state index contributed by atoms with van der Waals surface area (Å²) < 4.78 is 3.03. The van der Waals surface area contributed by atoms with Crippen molar-refractivity contribution in [3.8, 4) is 6.07 Å². The van der Waals surface area contributed by atoms with E-state index in [0.717, 1.165) is 26.4 Å². The molecular weight excluding hydrogens is 388 g/mol. The molecule has 0 fully saturated rings. The summed E-state index contributed by atoms with van der Waals surface area (Å²) in [6, 6.07) is 17.7. The number of fused-ring (bicyclic) bond motifs is 2. The number of allylic oxidation sites excluding steroid dienone is 2. The van der Waals surface area contributed by atoms with Crippen molar-refractivity contribution in [1.29, 1.82) is 5.26 Å². The van der Waals surface area contributed by atoms with Crippen LogP contribution in [0.25, 0.3) is 26.8 Å². The number of benzene rings is 2. The molecule has 0 saturated carbocycles. The Labute approximate surface area is 170 Å². The highest BCUT2D eigenvalue weighted by atomic mass is 32.2. The van der Waals surface area contributed by atoms with E-state index in [4.69, 9.17) is 0 Å². The second-order valence-corrected chi connectivity index (χ2v) is 7.96. The third-order valence-electron chi connectivity index (χ3n) is 4.18. The molecule has 4 rings (SSSR count). The summed E-state index contributed by atoms with van der Waals surface area (Å²) in [5.41, 5.74) is 2.94. The SMILES string of the molecule is C=CCn1c(SC/C(O)=C(\C#N)c2nc3ccccc3s2)nc2ccccc21. The highest BCUT2D eigenvalue weighted by Gasteiger charge is 2.16. The number of nitriles is 1. The van der Waals surface area contributed by atoms with E-state index >= 15 is 0 Å². The lowest BCUT2D eigenvalue weighted by molar-refractivity contribution is 0.420. The first kappa shape index (κ1) is 18.3. The highest BCUT2D eigenvalue weighted by molar-refractivity contribution is 7.99. The summed E-state index contributed by atoms with van der Waals surface area (Å²) in [5.74, 6) is 0.239. The van der Waals surface area contributed by atoms with Gasteiger partial charge >= 0.3 is 0 Å². The van der Waals surface area contributed by atoms with E-state index in [2.05, 4.69) is 22.6 Å². The number of hydrogen-bond donors (Lipinski definition) is 1. The monoisotopic (exact) mass is 404 g/mol. The number of imidazole rings is 1. The number of nitrogens with zero attached hydrogens (tertiary/aromatic N) is 4. The van der Waals surface area contributed by atoms with Crippen LogP contribution in [0.5, 0.6) is 0 Å². The minimum atomic E-state index is 0.00349. The van der Waals surface area contributed by atoms with E-state index < -0.39 is 0 Å². The Morgan fingerprint density at radius 3 is 2.68 bits per heavy atom. The Bertz CT molecular complexity index is 1210. The molecule has 2 heterocycles. The van der Waals surface area contributed by atoms with Gasteiger partial charge in [0.15, 0.2) is 5.16 Å². The van der Waals surface area contributed by atoms with Gasteiger partial charge in [0.1, 0.15) is 22.4 Å². The Morgan fingerprint density at radius 1 is 1.18 bits per heavy atom. The van der Waals surface area contributed by atoms with Crippen LogP contribution in [0.15, 0.2) is 72.1 Å². The minimum absolute atomic E-state index is 0.00349. The van der Waals surface area contributed by atoms with Crippen molar-refractivity contribution in [2.75, 3.05) is 5.75 Å². The second-order valence-electron chi connectivity index (χ2n) is 5.99. The summed E-state index contributed by atoms with van der Waals surface area (Å²) in [5, 5.41) is 21.5. The standard InChI is InChI=1S/C21H16N4OS2/c1-2-11-25-17-9-5-3-7-15(17)24-21(25)27-13-18(26)14(12-22)20-23-16-8-4-6-10-19(16)28-20/h2-10,26H,1,11,13H2/b18-14-. The van der Waals surface area contributed by atoms with Gasteiger partial charge in [0.25, 0.3) is 0 Å². The molecule has 138 valence electrons. The molecule has 0 bridgehead atoms. The van der Waals surface area contributed by atoms with Crippen LogP contribution in [-0.2, 0) is 6.54 Å². The van der Waals surface area contributed by atoms with Gasteiger partial charge in [0.2, 0.25) is 0 Å². The third-order valence-corrected chi connectivity index (χ3v) is 6.22. The molecule has 0 radical (unpaired) electrons. The van der Waals surface area contributed by atoms with E-state index in [1.54, 1.807) is 0 Å². The lowest BCUT2D eigenvalue weighted by Gasteiger charge is -2.06. The summed E-state index contributed by atoms with van der Waals surface area (Å²) in [7, 11) is 0. The maximum atomic E-state index is 10.6. The van der Waals surface area contributed by atoms with Crippen LogP contribution < -0.4 is 0 Å². The van der Waals surface area contributed by atoms with Crippen LogP contribution in [0.3, 0.4) is 0 Å². The molecule has 7 heteroatoms. The van der Waals surface area contributed by atoms with Crippen LogP contribution >= 0.6 is 23.1 Å². The van der Waals surface area contributed by atoms with Crippen molar-refractivity contribution in [1.82, 2.24) is 14.5 Å². The Morgan fingerprint density at radius 2 is 1.93 bits per heavy atom. The van der Waals surface area contributed by atoms with Gasteiger partial charge in [0.05, 0.1) is 27.0 Å². The average Bonchev–Trinajstić information content (AvgIpc) is 3.29. The van der Waals surface area contributed by atoms with Gasteiger partial charge in [-0.3, -0.25) is 0 Å². The van der Waals surface area contributed by atoms with Gasteiger partial charge in [0, 0.05) is 6.54 Å². The van der Waals surface area contributed by atoms with Gasteiger partial charge in [-0.2, -0.15) is 5.26 Å². The summed E-state index contributed by atoms with van der Waals surface area (Å²) in [4.78, 5) is 9.12. The van der Waals surface area contributed by atoms with Crippen molar-refractivity contribution >= 4 is 49.9 Å². The zero-order valence-electron chi connectivity index (χ0n) is 14.9. The summed E-state index contributed by atoms with van der Waals surface area (Å²) >= 11 is 2.79. The van der Waals surface area contributed by atoms with Gasteiger partial charge in [-0.25, -0.2) is 9.97 Å². The zero-order chi connectivity index (χ0) is 19.5. The van der Waals surface area contributed by atoms with E-state index in [1.807, 2.05) is 59.2 Å². The van der Waals surface area contributed by atoms with Crippen LogP contribution in [0.1, 0.15) is 5.01 Å². The van der Waals surface area contributed by atoms with Crippen LogP contribution in [0.4, 0.5) is 0 Å². The van der Waals surface area contributed by atoms with E-state index in [9.17, 15) is 10.4 Å². The molecule has 0 saturated heterocycles. The molecule has 0 aliphatic carbocycles. The molecule has 2 aromatic heterocycles. The molecule has 0 spiro atoms. The number of rotatable bonds is 6. The van der Waals surface area contributed by atoms with Crippen molar-refractivity contribution < 1.29 is 5.11 Å². The molecule has 0 aliphatic rings. The van der Waals surface area contributed by atoms with Crippen molar-refractivity contribution in [3.05, 3.63) is 72.0 Å². The maximum absolute atomic E-state index is 10.6. The number of aromatic nitrogens is 3. The Balaban J connectivity index is 1.64. The molecule has 0 atom stereocenters. The smallest absolute Gasteiger partial charge is 0.169 e. The van der Waals surface area contributed by atoms with E-state index in [0.29, 0.717) is 11.6 Å². The Hall–Kier alpha value is -3.08. The molecular formula is C21H16N4OS2. The minimum Gasteiger partial charge on any atom is -0.510 e. The van der Waals surface area contributed by atoms with Crippen LogP contribution in [-0.4, -0.2) is 25.4 Å². The molecule has 1 N–H and O–H groups in total. The topological polar surface area (TPSA) is 74.7 Å².